The van der Waals surface area contributed by atoms with Crippen LogP contribution in [0.2, 0.25) is 0 Å². The summed E-state index contributed by atoms with van der Waals surface area (Å²) in [5, 5.41) is 0. The van der Waals surface area contributed by atoms with Crippen LogP contribution in [0, 0.1) is 12.8 Å². The van der Waals surface area contributed by atoms with Crippen LogP contribution in [0.15, 0.2) is 36.4 Å². The number of methoxy groups -OCH3 is 2. The number of ether oxygens (including phenoxy) is 3. The van der Waals surface area contributed by atoms with Gasteiger partial charge in [0.25, 0.3) is 0 Å². The molecule has 0 unspecified atom stereocenters. The van der Waals surface area contributed by atoms with Gasteiger partial charge in [-0.1, -0.05) is 30.3 Å². The number of rotatable bonds is 4. The third-order valence-electron chi connectivity index (χ3n) is 5.50. The summed E-state index contributed by atoms with van der Waals surface area (Å²) in [5.74, 6) is 3.59. The van der Waals surface area contributed by atoms with Gasteiger partial charge in [0.2, 0.25) is 0 Å². The van der Waals surface area contributed by atoms with Gasteiger partial charge in [0.1, 0.15) is 5.75 Å². The molecule has 0 N–H and O–H groups in total. The molecular formula is C21H25NO3. The molecule has 4 heteroatoms. The van der Waals surface area contributed by atoms with E-state index >= 15 is 0 Å². The first-order valence-electron chi connectivity index (χ1n) is 8.85. The molecule has 0 aliphatic carbocycles. The Morgan fingerprint density at radius 1 is 1.12 bits per heavy atom. The summed E-state index contributed by atoms with van der Waals surface area (Å²) in [5.41, 5.74) is 3.59. The van der Waals surface area contributed by atoms with Crippen molar-refractivity contribution in [3.05, 3.63) is 53.1 Å². The summed E-state index contributed by atoms with van der Waals surface area (Å²) in [6.07, 6.45) is 0. The molecule has 132 valence electrons. The second-order valence-corrected chi connectivity index (χ2v) is 7.01. The summed E-state index contributed by atoms with van der Waals surface area (Å²) in [6.45, 7) is 5.88. The molecule has 0 aromatic heterocycles. The van der Waals surface area contributed by atoms with Crippen molar-refractivity contribution in [3.63, 3.8) is 0 Å². The Balaban J connectivity index is 1.63. The van der Waals surface area contributed by atoms with Crippen molar-refractivity contribution < 1.29 is 14.2 Å². The van der Waals surface area contributed by atoms with Gasteiger partial charge >= 0.3 is 0 Å². The van der Waals surface area contributed by atoms with Crippen LogP contribution in [0.25, 0.3) is 0 Å². The molecule has 0 amide bonds. The minimum Gasteiger partial charge on any atom is -0.496 e. The molecule has 2 aliphatic rings. The quantitative estimate of drug-likeness (QED) is 0.851. The van der Waals surface area contributed by atoms with E-state index in [0.29, 0.717) is 11.8 Å². The highest BCUT2D eigenvalue weighted by molar-refractivity contribution is 5.60. The number of fused-ring (bicyclic) bond motifs is 3. The molecule has 2 aromatic carbocycles. The average Bonchev–Trinajstić information content (AvgIpc) is 3.04. The largest absolute Gasteiger partial charge is 0.496 e. The van der Waals surface area contributed by atoms with Crippen LogP contribution in [0.5, 0.6) is 17.2 Å². The average molecular weight is 339 g/mol. The van der Waals surface area contributed by atoms with E-state index in [-0.39, 0.29) is 0 Å². The van der Waals surface area contributed by atoms with Crippen LogP contribution < -0.4 is 14.2 Å². The maximum absolute atomic E-state index is 6.13. The van der Waals surface area contributed by atoms with Crippen molar-refractivity contribution in [2.24, 2.45) is 5.92 Å². The monoisotopic (exact) mass is 339 g/mol. The third-order valence-corrected chi connectivity index (χ3v) is 5.50. The lowest BCUT2D eigenvalue weighted by atomic mass is 9.86. The SMILES string of the molecule is COc1cc2c(c(OC)c1C)OC[C@H]1CN(Cc3ccccc3)C[C@H]21. The molecule has 0 bridgehead atoms. The second-order valence-electron chi connectivity index (χ2n) is 7.01. The van der Waals surface area contributed by atoms with Crippen LogP contribution in [0.1, 0.15) is 22.6 Å². The highest BCUT2D eigenvalue weighted by Crippen LogP contribution is 2.49. The lowest BCUT2D eigenvalue weighted by Gasteiger charge is -2.30. The van der Waals surface area contributed by atoms with Crippen molar-refractivity contribution in [3.8, 4) is 17.2 Å². The van der Waals surface area contributed by atoms with Crippen molar-refractivity contribution in [2.45, 2.75) is 19.4 Å². The van der Waals surface area contributed by atoms with E-state index in [4.69, 9.17) is 14.2 Å². The van der Waals surface area contributed by atoms with Gasteiger partial charge in [-0.2, -0.15) is 0 Å². The normalized spacial score (nSPS) is 22.0. The number of benzene rings is 2. The molecule has 1 saturated heterocycles. The Morgan fingerprint density at radius 2 is 1.92 bits per heavy atom. The van der Waals surface area contributed by atoms with Crippen LogP contribution >= 0.6 is 0 Å². The first-order valence-corrected chi connectivity index (χ1v) is 8.85. The van der Waals surface area contributed by atoms with E-state index in [1.54, 1.807) is 14.2 Å². The van der Waals surface area contributed by atoms with Crippen LogP contribution in [0.4, 0.5) is 0 Å². The van der Waals surface area contributed by atoms with Crippen molar-refractivity contribution in [2.75, 3.05) is 33.9 Å². The molecule has 0 radical (unpaired) electrons. The van der Waals surface area contributed by atoms with Crippen LogP contribution in [-0.4, -0.2) is 38.8 Å². The summed E-state index contributed by atoms with van der Waals surface area (Å²) < 4.78 is 17.3. The fourth-order valence-corrected chi connectivity index (χ4v) is 4.25. The Labute approximate surface area is 149 Å². The van der Waals surface area contributed by atoms with E-state index in [0.717, 1.165) is 49.1 Å². The molecule has 2 aromatic rings. The topological polar surface area (TPSA) is 30.9 Å². The Bertz CT molecular complexity index is 759. The number of nitrogens with zero attached hydrogens (tertiary/aromatic N) is 1. The van der Waals surface area contributed by atoms with Gasteiger partial charge in [-0.3, -0.25) is 4.90 Å². The van der Waals surface area contributed by atoms with Gasteiger partial charge in [-0.15, -0.1) is 0 Å². The molecule has 25 heavy (non-hydrogen) atoms. The van der Waals surface area contributed by atoms with E-state index < -0.39 is 0 Å². The van der Waals surface area contributed by atoms with Crippen LogP contribution in [0.3, 0.4) is 0 Å². The lowest BCUT2D eigenvalue weighted by molar-refractivity contribution is 0.202. The third kappa shape index (κ3) is 2.85. The van der Waals surface area contributed by atoms with Crippen molar-refractivity contribution in [1.82, 2.24) is 4.90 Å². The first-order chi connectivity index (χ1) is 12.2. The van der Waals surface area contributed by atoms with Crippen molar-refractivity contribution in [1.29, 1.82) is 0 Å². The Kier molecular flexibility index (Phi) is 4.30. The predicted octanol–water partition coefficient (Wildman–Crippen LogP) is 3.62. The maximum Gasteiger partial charge on any atom is 0.167 e. The van der Waals surface area contributed by atoms with Crippen molar-refractivity contribution >= 4 is 0 Å². The summed E-state index contributed by atoms with van der Waals surface area (Å²) in [4.78, 5) is 2.53. The van der Waals surface area contributed by atoms with Gasteiger partial charge in [-0.25, -0.2) is 0 Å². The summed E-state index contributed by atoms with van der Waals surface area (Å²) >= 11 is 0. The zero-order valence-corrected chi connectivity index (χ0v) is 15.1. The molecule has 2 aliphatic heterocycles. The second kappa shape index (κ2) is 6.60. The molecule has 2 atom stereocenters. The fraction of sp³-hybridized carbons (Fsp3) is 0.429. The highest BCUT2D eigenvalue weighted by Gasteiger charge is 2.40. The van der Waals surface area contributed by atoms with E-state index in [9.17, 15) is 0 Å². The molecule has 1 fully saturated rings. The smallest absolute Gasteiger partial charge is 0.167 e. The molecule has 0 saturated carbocycles. The lowest BCUT2D eigenvalue weighted by Crippen LogP contribution is -2.25. The number of hydrogen-bond donors (Lipinski definition) is 0. The summed E-state index contributed by atoms with van der Waals surface area (Å²) in [6, 6.07) is 12.8. The maximum atomic E-state index is 6.13. The molecule has 4 nitrogen and oxygen atoms in total. The van der Waals surface area contributed by atoms with Gasteiger partial charge < -0.3 is 14.2 Å². The van der Waals surface area contributed by atoms with Gasteiger partial charge in [-0.05, 0) is 18.6 Å². The number of hydrogen-bond acceptors (Lipinski definition) is 4. The molecular weight excluding hydrogens is 314 g/mol. The molecule has 4 rings (SSSR count). The van der Waals surface area contributed by atoms with E-state index in [2.05, 4.69) is 41.3 Å². The van der Waals surface area contributed by atoms with E-state index in [1.165, 1.54) is 11.1 Å². The predicted molar refractivity (Wildman–Crippen MR) is 97.7 cm³/mol. The molecule has 2 heterocycles. The molecule has 0 spiro atoms. The Morgan fingerprint density at radius 3 is 2.64 bits per heavy atom. The minimum atomic E-state index is 0.468. The van der Waals surface area contributed by atoms with Crippen LogP contribution in [-0.2, 0) is 6.54 Å². The van der Waals surface area contributed by atoms with E-state index in [1.807, 2.05) is 6.92 Å². The fourth-order valence-electron chi connectivity index (χ4n) is 4.25. The first kappa shape index (κ1) is 16.3. The number of likely N-dealkylation sites (tertiary alicyclic amines) is 1. The highest BCUT2D eigenvalue weighted by atomic mass is 16.5. The standard InChI is InChI=1S/C21H25NO3/c1-14-19(23-2)9-17-18-12-22(10-15-7-5-4-6-8-15)11-16(18)13-25-21(17)20(14)24-3/h4-9,16,18H,10-13H2,1-3H3/t16-,18+/m1/s1. The van der Waals surface area contributed by atoms with Gasteiger partial charge in [0.15, 0.2) is 11.5 Å². The minimum absolute atomic E-state index is 0.468. The Hall–Kier alpha value is -2.20. The zero-order valence-electron chi connectivity index (χ0n) is 15.1. The zero-order chi connectivity index (χ0) is 17.4. The van der Waals surface area contributed by atoms with Gasteiger partial charge in [0, 0.05) is 42.6 Å². The van der Waals surface area contributed by atoms with Gasteiger partial charge in [0.05, 0.1) is 20.8 Å². The summed E-state index contributed by atoms with van der Waals surface area (Å²) in [7, 11) is 3.42.